The van der Waals surface area contributed by atoms with Crippen molar-refractivity contribution in [2.24, 2.45) is 0 Å². The smallest absolute Gasteiger partial charge is 0.220 e. The molecular weight excluding hydrogens is 1100 g/mol. The summed E-state index contributed by atoms with van der Waals surface area (Å²) in [6.07, 6.45) is 64.2. The highest BCUT2D eigenvalue weighted by atomic mass is 16.7. The lowest BCUT2D eigenvalue weighted by atomic mass is 9.97. The first-order valence-electron chi connectivity index (χ1n) is 34.6. The molecule has 0 aromatic carbocycles. The number of carbonyl (C=O) groups excluding carboxylic acids is 1. The molecule has 14 heteroatoms. The lowest BCUT2D eigenvalue weighted by molar-refractivity contribution is -0.359. The molecule has 0 saturated carbocycles. The first kappa shape index (κ1) is 79.7. The third-order valence-corrected chi connectivity index (χ3v) is 16.2. The Balaban J connectivity index is 1.74. The van der Waals surface area contributed by atoms with Gasteiger partial charge in [-0.1, -0.05) is 258 Å². The molecule has 0 aliphatic carbocycles. The SMILES string of the molecule is CC/C=C\C/C=C\C/C=C\C/C=C\C/C=C\C/C=C\CCCCCCCCC(=O)NC(COC1OC(CO)C(OC2OC(CO)C(O)C(O)C2O)C(O)C1O)C(O)/C=C/CC/C=C/CC/C=C/CCCCCCCCCCCCCCCCCCCC. The maximum Gasteiger partial charge on any atom is 0.220 e. The van der Waals surface area contributed by atoms with E-state index < -0.39 is 86.8 Å². The number of hydrogen-bond donors (Lipinski definition) is 9. The molecule has 0 aromatic rings. The van der Waals surface area contributed by atoms with E-state index >= 15 is 0 Å². The molecule has 0 spiro atoms. The summed E-state index contributed by atoms with van der Waals surface area (Å²) in [6.45, 7) is 2.66. The molecule has 87 heavy (non-hydrogen) atoms. The van der Waals surface area contributed by atoms with Crippen LogP contribution in [0.4, 0.5) is 0 Å². The number of nitrogens with one attached hydrogen (secondary N) is 1. The molecule has 0 bridgehead atoms. The maximum absolute atomic E-state index is 13.3. The van der Waals surface area contributed by atoms with Crippen molar-refractivity contribution >= 4 is 5.91 Å². The highest BCUT2D eigenvalue weighted by molar-refractivity contribution is 5.76. The van der Waals surface area contributed by atoms with E-state index in [1.807, 2.05) is 6.08 Å². The molecule has 0 aromatic heterocycles. The second kappa shape index (κ2) is 56.6. The van der Waals surface area contributed by atoms with E-state index in [1.165, 1.54) is 116 Å². The van der Waals surface area contributed by atoms with Gasteiger partial charge in [-0.2, -0.15) is 0 Å². The van der Waals surface area contributed by atoms with Crippen molar-refractivity contribution in [1.29, 1.82) is 0 Å². The van der Waals surface area contributed by atoms with Crippen molar-refractivity contribution in [3.05, 3.63) is 109 Å². The number of carbonyl (C=O) groups is 1. The number of aliphatic hydroxyl groups excluding tert-OH is 8. The molecule has 2 heterocycles. The normalized spacial score (nSPS) is 24.0. The minimum absolute atomic E-state index is 0.246. The van der Waals surface area contributed by atoms with E-state index in [2.05, 4.69) is 116 Å². The van der Waals surface area contributed by atoms with Crippen LogP contribution in [-0.4, -0.2) is 140 Å². The van der Waals surface area contributed by atoms with Gasteiger partial charge in [0.15, 0.2) is 12.6 Å². The average Bonchev–Trinajstić information content (AvgIpc) is 2.50. The Morgan fingerprint density at radius 3 is 1.26 bits per heavy atom. The van der Waals surface area contributed by atoms with Gasteiger partial charge in [-0.3, -0.25) is 4.79 Å². The van der Waals surface area contributed by atoms with Gasteiger partial charge in [0.25, 0.3) is 0 Å². The summed E-state index contributed by atoms with van der Waals surface area (Å²) in [5.41, 5.74) is 0. The number of ether oxygens (including phenoxy) is 4. The van der Waals surface area contributed by atoms with E-state index in [0.29, 0.717) is 12.8 Å². The Bertz CT molecular complexity index is 1880. The standard InChI is InChI=1S/C73H125NO13/c1-3-5-7-9-11-13-15-17-19-21-23-25-27-29-30-31-33-34-36-38-40-42-44-46-48-50-52-54-56-62(77)61(60-84-72-70(83)68(81)71(64(59-76)86-72)87-73-69(82)67(80)66(79)63(58-75)85-73)74-65(78)57-55-53-51-49-47-45-43-41-39-37-35-32-28-26-24-22-20-18-16-14-12-10-8-6-4-2/h6,8,12,14,18,20,24,26,32,35,38-41,46,48,54,56,61-64,66-73,75-77,79-83H,3-5,7,9-11,13,15-17,19,21-23,25,27-31,33-34,36-37,42-45,47,49-53,55,57-60H2,1-2H3,(H,74,78)/b8-6-,14-12-,20-18-,26-24-,35-32-,40-38+,41-39-,48-46+,56-54+. The number of aliphatic hydroxyl groups is 8. The predicted octanol–water partition coefficient (Wildman–Crippen LogP) is 14.0. The Morgan fingerprint density at radius 1 is 0.425 bits per heavy atom. The van der Waals surface area contributed by atoms with Crippen LogP contribution in [0.25, 0.3) is 0 Å². The Hall–Kier alpha value is -3.35. The van der Waals surface area contributed by atoms with E-state index in [9.17, 15) is 45.6 Å². The van der Waals surface area contributed by atoms with Crippen LogP contribution in [0, 0.1) is 0 Å². The zero-order chi connectivity index (χ0) is 63.1. The largest absolute Gasteiger partial charge is 0.394 e. The quantitative estimate of drug-likeness (QED) is 0.0204. The van der Waals surface area contributed by atoms with Crippen LogP contribution in [0.5, 0.6) is 0 Å². The van der Waals surface area contributed by atoms with Crippen molar-refractivity contribution < 1.29 is 64.6 Å². The summed E-state index contributed by atoms with van der Waals surface area (Å²) in [7, 11) is 0. The van der Waals surface area contributed by atoms with Crippen LogP contribution in [0.15, 0.2) is 109 Å². The van der Waals surface area contributed by atoms with E-state index in [-0.39, 0.29) is 18.9 Å². The molecule has 0 radical (unpaired) electrons. The third kappa shape index (κ3) is 40.9. The summed E-state index contributed by atoms with van der Waals surface area (Å²) in [4.78, 5) is 13.3. The molecule has 2 aliphatic heterocycles. The van der Waals surface area contributed by atoms with Crippen molar-refractivity contribution in [2.45, 2.75) is 325 Å². The lowest BCUT2D eigenvalue weighted by Gasteiger charge is -2.46. The molecule has 9 N–H and O–H groups in total. The fourth-order valence-corrected chi connectivity index (χ4v) is 10.7. The second-order valence-corrected chi connectivity index (χ2v) is 23.9. The number of amides is 1. The summed E-state index contributed by atoms with van der Waals surface area (Å²) in [5, 5.41) is 87.4. The summed E-state index contributed by atoms with van der Waals surface area (Å²) in [5.74, 6) is -0.271. The topological polar surface area (TPSA) is 228 Å². The molecule has 2 rings (SSSR count). The van der Waals surface area contributed by atoms with Gasteiger partial charge in [0.05, 0.1) is 32.0 Å². The van der Waals surface area contributed by atoms with Crippen molar-refractivity contribution in [1.82, 2.24) is 5.32 Å². The van der Waals surface area contributed by atoms with E-state index in [0.717, 1.165) is 103 Å². The zero-order valence-electron chi connectivity index (χ0n) is 54.2. The summed E-state index contributed by atoms with van der Waals surface area (Å²) in [6, 6.07) is -0.956. The van der Waals surface area contributed by atoms with Crippen LogP contribution < -0.4 is 5.32 Å². The number of rotatable bonds is 55. The monoisotopic (exact) mass is 1220 g/mol. The molecular formula is C73H125NO13. The van der Waals surface area contributed by atoms with Crippen molar-refractivity contribution in [3.63, 3.8) is 0 Å². The van der Waals surface area contributed by atoms with Crippen LogP contribution >= 0.6 is 0 Å². The molecule has 2 saturated heterocycles. The summed E-state index contributed by atoms with van der Waals surface area (Å²) >= 11 is 0. The lowest BCUT2D eigenvalue weighted by Crippen LogP contribution is -2.65. The van der Waals surface area contributed by atoms with Crippen LogP contribution in [0.2, 0.25) is 0 Å². The Kier molecular flexibility index (Phi) is 51.9. The average molecular weight is 1220 g/mol. The highest BCUT2D eigenvalue weighted by Gasteiger charge is 2.51. The predicted molar refractivity (Wildman–Crippen MR) is 355 cm³/mol. The van der Waals surface area contributed by atoms with Crippen molar-refractivity contribution in [2.75, 3.05) is 19.8 Å². The van der Waals surface area contributed by atoms with Gasteiger partial charge in [-0.05, 0) is 96.3 Å². The van der Waals surface area contributed by atoms with Gasteiger partial charge in [0.1, 0.15) is 48.8 Å². The van der Waals surface area contributed by atoms with Gasteiger partial charge >= 0.3 is 0 Å². The minimum Gasteiger partial charge on any atom is -0.394 e. The number of hydrogen-bond acceptors (Lipinski definition) is 13. The van der Waals surface area contributed by atoms with Crippen LogP contribution in [0.3, 0.4) is 0 Å². The fourth-order valence-electron chi connectivity index (χ4n) is 10.7. The molecule has 1 amide bonds. The zero-order valence-corrected chi connectivity index (χ0v) is 54.2. The van der Waals surface area contributed by atoms with Crippen LogP contribution in [0.1, 0.15) is 251 Å². The van der Waals surface area contributed by atoms with Crippen LogP contribution in [-0.2, 0) is 23.7 Å². The Labute approximate surface area is 527 Å². The van der Waals surface area contributed by atoms with Crippen molar-refractivity contribution in [3.8, 4) is 0 Å². The molecule has 14 nitrogen and oxygen atoms in total. The fraction of sp³-hybridized carbons (Fsp3) is 0.740. The molecule has 2 aliphatic rings. The van der Waals surface area contributed by atoms with E-state index in [1.54, 1.807) is 6.08 Å². The van der Waals surface area contributed by atoms with Gasteiger partial charge in [0.2, 0.25) is 5.91 Å². The minimum atomic E-state index is -1.80. The first-order valence-corrected chi connectivity index (χ1v) is 34.6. The maximum atomic E-state index is 13.3. The number of allylic oxidation sites excluding steroid dienone is 17. The molecule has 12 atom stereocenters. The number of unbranched alkanes of at least 4 members (excludes halogenated alkanes) is 26. The van der Waals surface area contributed by atoms with Gasteiger partial charge in [-0.15, -0.1) is 0 Å². The second-order valence-electron chi connectivity index (χ2n) is 23.9. The first-order chi connectivity index (χ1) is 42.6. The van der Waals surface area contributed by atoms with Gasteiger partial charge in [-0.25, -0.2) is 0 Å². The van der Waals surface area contributed by atoms with E-state index in [4.69, 9.17) is 18.9 Å². The van der Waals surface area contributed by atoms with Gasteiger partial charge in [0, 0.05) is 6.42 Å². The molecule has 2 fully saturated rings. The van der Waals surface area contributed by atoms with Gasteiger partial charge < -0.3 is 65.1 Å². The molecule has 500 valence electrons. The summed E-state index contributed by atoms with van der Waals surface area (Å²) < 4.78 is 22.8. The Morgan fingerprint density at radius 2 is 0.805 bits per heavy atom. The highest BCUT2D eigenvalue weighted by Crippen LogP contribution is 2.30. The molecule has 12 unspecified atom stereocenters. The third-order valence-electron chi connectivity index (χ3n) is 16.2.